The molecule has 0 saturated heterocycles. The Labute approximate surface area is 156 Å². The molecule has 0 bridgehead atoms. The van der Waals surface area contributed by atoms with E-state index in [0.29, 0.717) is 41.3 Å². The van der Waals surface area contributed by atoms with Crippen molar-refractivity contribution in [3.8, 4) is 11.5 Å². The molecule has 2 aromatic rings. The highest BCUT2D eigenvalue weighted by molar-refractivity contribution is 7.99. The van der Waals surface area contributed by atoms with E-state index in [1.54, 1.807) is 45.6 Å². The van der Waals surface area contributed by atoms with Crippen LogP contribution in [0.3, 0.4) is 0 Å². The van der Waals surface area contributed by atoms with Crippen molar-refractivity contribution in [1.82, 2.24) is 14.8 Å². The van der Waals surface area contributed by atoms with Crippen LogP contribution in [0.5, 0.6) is 11.5 Å². The maximum Gasteiger partial charge on any atom is 0.234 e. The van der Waals surface area contributed by atoms with E-state index in [1.165, 1.54) is 11.8 Å². The molecule has 0 atom stereocenters. The van der Waals surface area contributed by atoms with Gasteiger partial charge < -0.3 is 24.1 Å². The number of methoxy groups -OCH3 is 3. The molecule has 0 aliphatic rings. The van der Waals surface area contributed by atoms with E-state index in [-0.39, 0.29) is 11.7 Å². The first-order valence-electron chi connectivity index (χ1n) is 7.79. The van der Waals surface area contributed by atoms with Crippen molar-refractivity contribution in [2.75, 3.05) is 32.4 Å². The van der Waals surface area contributed by atoms with Gasteiger partial charge in [0.2, 0.25) is 5.91 Å². The average Bonchev–Trinajstić information content (AvgIpc) is 3.02. The first-order chi connectivity index (χ1) is 12.6. The van der Waals surface area contributed by atoms with Crippen molar-refractivity contribution in [2.24, 2.45) is 0 Å². The van der Waals surface area contributed by atoms with Crippen molar-refractivity contribution < 1.29 is 19.0 Å². The van der Waals surface area contributed by atoms with Gasteiger partial charge in [-0.2, -0.15) is 0 Å². The Balaban J connectivity index is 2.00. The predicted octanol–water partition coefficient (Wildman–Crippen LogP) is 2.36. The van der Waals surface area contributed by atoms with Gasteiger partial charge in [-0.25, -0.2) is 0 Å². The summed E-state index contributed by atoms with van der Waals surface area (Å²) in [5.41, 5.74) is 0.626. The normalized spacial score (nSPS) is 10.4. The van der Waals surface area contributed by atoms with Gasteiger partial charge in [0.15, 0.2) is 22.5 Å². The van der Waals surface area contributed by atoms with Crippen molar-refractivity contribution in [1.29, 1.82) is 0 Å². The van der Waals surface area contributed by atoms with Gasteiger partial charge in [-0.3, -0.25) is 4.79 Å². The van der Waals surface area contributed by atoms with Gasteiger partial charge in [0.1, 0.15) is 6.61 Å². The van der Waals surface area contributed by atoms with Crippen molar-refractivity contribution >= 4 is 23.4 Å². The van der Waals surface area contributed by atoms with Crippen LogP contribution in [0.2, 0.25) is 0 Å². The fourth-order valence-corrected chi connectivity index (χ4v) is 2.98. The lowest BCUT2D eigenvalue weighted by molar-refractivity contribution is -0.113. The number of aromatic nitrogens is 3. The van der Waals surface area contributed by atoms with Crippen LogP contribution in [0.4, 0.5) is 5.69 Å². The first kappa shape index (κ1) is 19.8. The van der Waals surface area contributed by atoms with Gasteiger partial charge in [0.25, 0.3) is 0 Å². The van der Waals surface area contributed by atoms with Crippen LogP contribution in [0.15, 0.2) is 36.0 Å². The molecule has 1 N–H and O–H groups in total. The third kappa shape index (κ3) is 4.99. The van der Waals surface area contributed by atoms with Gasteiger partial charge in [-0.15, -0.1) is 16.8 Å². The van der Waals surface area contributed by atoms with E-state index >= 15 is 0 Å². The topological polar surface area (TPSA) is 87.5 Å². The molecule has 1 aromatic heterocycles. The number of rotatable bonds is 10. The van der Waals surface area contributed by atoms with E-state index in [4.69, 9.17) is 14.2 Å². The number of nitrogens with zero attached hydrogens (tertiary/aromatic N) is 3. The molecule has 140 valence electrons. The zero-order chi connectivity index (χ0) is 18.9. The minimum Gasteiger partial charge on any atom is -0.493 e. The summed E-state index contributed by atoms with van der Waals surface area (Å²) < 4.78 is 17.4. The summed E-state index contributed by atoms with van der Waals surface area (Å²) in [6.07, 6.45) is 1.75. The number of thioether (sulfide) groups is 1. The second-order valence-electron chi connectivity index (χ2n) is 5.14. The highest BCUT2D eigenvalue weighted by Crippen LogP contribution is 2.29. The van der Waals surface area contributed by atoms with Gasteiger partial charge >= 0.3 is 0 Å². The summed E-state index contributed by atoms with van der Waals surface area (Å²) in [5, 5.41) is 11.7. The molecule has 0 saturated carbocycles. The molecule has 0 fully saturated rings. The van der Waals surface area contributed by atoms with Crippen LogP contribution >= 0.6 is 11.8 Å². The molecule has 2 rings (SSSR count). The molecule has 1 amide bonds. The largest absolute Gasteiger partial charge is 0.493 e. The molecule has 0 unspecified atom stereocenters. The number of carbonyl (C=O) groups is 1. The molecule has 1 heterocycles. The summed E-state index contributed by atoms with van der Waals surface area (Å²) in [6, 6.07) is 5.19. The molecular formula is C17H22N4O4S. The lowest BCUT2D eigenvalue weighted by Crippen LogP contribution is -2.15. The second-order valence-corrected chi connectivity index (χ2v) is 6.08. The van der Waals surface area contributed by atoms with E-state index < -0.39 is 0 Å². The van der Waals surface area contributed by atoms with Crippen LogP contribution in [0, 0.1) is 0 Å². The van der Waals surface area contributed by atoms with E-state index in [2.05, 4.69) is 22.1 Å². The zero-order valence-corrected chi connectivity index (χ0v) is 15.8. The molecule has 9 heteroatoms. The van der Waals surface area contributed by atoms with Gasteiger partial charge in [0.05, 0.1) is 20.0 Å². The highest BCUT2D eigenvalue weighted by atomic mass is 32.2. The number of amides is 1. The molecule has 0 aliphatic heterocycles. The van der Waals surface area contributed by atoms with Crippen LogP contribution in [-0.2, 0) is 22.7 Å². The molecule has 8 nitrogen and oxygen atoms in total. The number of hydrogen-bond acceptors (Lipinski definition) is 7. The lowest BCUT2D eigenvalue weighted by atomic mass is 10.2. The van der Waals surface area contributed by atoms with Crippen molar-refractivity contribution in [3.63, 3.8) is 0 Å². The summed E-state index contributed by atoms with van der Waals surface area (Å²) >= 11 is 1.30. The van der Waals surface area contributed by atoms with Crippen molar-refractivity contribution in [3.05, 3.63) is 36.7 Å². The third-order valence-corrected chi connectivity index (χ3v) is 4.34. The van der Waals surface area contributed by atoms with Crippen LogP contribution in [-0.4, -0.2) is 47.8 Å². The van der Waals surface area contributed by atoms with Crippen LogP contribution in [0.1, 0.15) is 5.82 Å². The van der Waals surface area contributed by atoms with E-state index in [1.807, 2.05) is 4.57 Å². The molecular weight excluding hydrogens is 356 g/mol. The minimum absolute atomic E-state index is 0.163. The zero-order valence-electron chi connectivity index (χ0n) is 15.0. The first-order valence-corrected chi connectivity index (χ1v) is 8.78. The van der Waals surface area contributed by atoms with E-state index in [0.717, 1.165) is 0 Å². The summed E-state index contributed by atoms with van der Waals surface area (Å²) in [7, 11) is 4.70. The maximum absolute atomic E-state index is 12.2. The number of carbonyl (C=O) groups excluding carboxylic acids is 1. The highest BCUT2D eigenvalue weighted by Gasteiger charge is 2.14. The third-order valence-electron chi connectivity index (χ3n) is 3.38. The Bertz CT molecular complexity index is 763. The Morgan fingerprint density at radius 2 is 2.04 bits per heavy atom. The fraction of sp³-hybridized carbons (Fsp3) is 0.353. The van der Waals surface area contributed by atoms with Gasteiger partial charge in [-0.05, 0) is 12.1 Å². The Morgan fingerprint density at radius 3 is 2.69 bits per heavy atom. The number of nitrogens with one attached hydrogen (secondary N) is 1. The van der Waals surface area contributed by atoms with Crippen molar-refractivity contribution in [2.45, 2.75) is 18.3 Å². The summed E-state index contributed by atoms with van der Waals surface area (Å²) in [4.78, 5) is 12.2. The maximum atomic E-state index is 12.2. The average molecular weight is 378 g/mol. The summed E-state index contributed by atoms with van der Waals surface area (Å²) in [5.74, 6) is 1.87. The Hall–Kier alpha value is -2.52. The van der Waals surface area contributed by atoms with Crippen LogP contribution in [0.25, 0.3) is 0 Å². The Morgan fingerprint density at radius 1 is 1.27 bits per heavy atom. The number of benzene rings is 1. The van der Waals surface area contributed by atoms with E-state index in [9.17, 15) is 4.79 Å². The monoisotopic (exact) mass is 378 g/mol. The van der Waals surface area contributed by atoms with Gasteiger partial charge in [-0.1, -0.05) is 17.8 Å². The molecule has 0 spiro atoms. The number of anilines is 1. The fourth-order valence-electron chi connectivity index (χ4n) is 2.22. The number of hydrogen-bond donors (Lipinski definition) is 1. The summed E-state index contributed by atoms with van der Waals surface area (Å²) in [6.45, 7) is 4.62. The molecule has 0 radical (unpaired) electrons. The quantitative estimate of drug-likeness (QED) is 0.501. The second kappa shape index (κ2) is 9.83. The number of ether oxygens (including phenoxy) is 3. The molecule has 1 aromatic carbocycles. The minimum atomic E-state index is -0.163. The molecule has 0 aliphatic carbocycles. The SMILES string of the molecule is C=CCn1c(COC)nnc1SCC(=O)Nc1ccc(OC)c(OC)c1. The predicted molar refractivity (Wildman–Crippen MR) is 99.8 cm³/mol. The molecule has 26 heavy (non-hydrogen) atoms. The van der Waals surface area contributed by atoms with Gasteiger partial charge in [0, 0.05) is 25.4 Å². The number of allylic oxidation sites excluding steroid dienone is 1. The smallest absolute Gasteiger partial charge is 0.234 e. The lowest BCUT2D eigenvalue weighted by Gasteiger charge is -2.10. The van der Waals surface area contributed by atoms with Crippen LogP contribution < -0.4 is 14.8 Å². The Kier molecular flexibility index (Phi) is 7.49. The standard InChI is InChI=1S/C17H22N4O4S/c1-5-8-21-15(10-23-2)19-20-17(21)26-11-16(22)18-12-6-7-13(24-3)14(9-12)25-4/h5-7,9H,1,8,10-11H2,2-4H3,(H,18,22).